The predicted octanol–water partition coefficient (Wildman–Crippen LogP) is 4.24. The van der Waals surface area contributed by atoms with Crippen LogP contribution in [0.15, 0.2) is 28.7 Å². The number of carbonyl (C=O) groups is 1. The lowest BCUT2D eigenvalue weighted by Crippen LogP contribution is -2.46. The van der Waals surface area contributed by atoms with E-state index in [4.69, 9.17) is 4.42 Å². The van der Waals surface area contributed by atoms with Crippen molar-refractivity contribution in [3.8, 4) is 0 Å². The summed E-state index contributed by atoms with van der Waals surface area (Å²) >= 11 is 0. The molecule has 1 heterocycles. The smallest absolute Gasteiger partial charge is 0.199 e. The van der Waals surface area contributed by atoms with Gasteiger partial charge in [0.15, 0.2) is 11.5 Å². The molecule has 1 aromatic carbocycles. The third-order valence-corrected chi connectivity index (χ3v) is 4.79. The largest absolute Gasteiger partial charge is 0.453 e. The van der Waals surface area contributed by atoms with E-state index < -0.39 is 0 Å². The van der Waals surface area contributed by atoms with Crippen LogP contribution in [0.5, 0.6) is 0 Å². The van der Waals surface area contributed by atoms with Crippen LogP contribution in [-0.2, 0) is 0 Å². The highest BCUT2D eigenvalue weighted by Gasteiger charge is 2.33. The predicted molar refractivity (Wildman–Crippen MR) is 84.8 cm³/mol. The second-order valence-electron chi connectivity index (χ2n) is 6.34. The molecular formula is C18H23NO2. The molecule has 1 saturated carbocycles. The Morgan fingerprint density at radius 2 is 2.00 bits per heavy atom. The van der Waals surface area contributed by atoms with Gasteiger partial charge in [0.05, 0.1) is 0 Å². The summed E-state index contributed by atoms with van der Waals surface area (Å²) in [4.78, 5) is 12.6. The molecule has 1 fully saturated rings. The molecule has 112 valence electrons. The van der Waals surface area contributed by atoms with E-state index in [9.17, 15) is 4.79 Å². The summed E-state index contributed by atoms with van der Waals surface area (Å²) in [6.07, 6.45) is 6.37. The minimum atomic E-state index is -0.0375. The second kappa shape index (κ2) is 5.64. The van der Waals surface area contributed by atoms with Gasteiger partial charge < -0.3 is 9.73 Å². The zero-order chi connectivity index (χ0) is 14.9. The molecule has 1 aliphatic rings. The van der Waals surface area contributed by atoms with Crippen LogP contribution in [0.2, 0.25) is 0 Å². The zero-order valence-corrected chi connectivity index (χ0v) is 12.9. The first-order valence-electron chi connectivity index (χ1n) is 7.84. The zero-order valence-electron chi connectivity index (χ0n) is 12.9. The normalized spacial score (nSPS) is 18.0. The van der Waals surface area contributed by atoms with Crippen molar-refractivity contribution in [2.24, 2.45) is 0 Å². The van der Waals surface area contributed by atoms with Gasteiger partial charge in [-0.2, -0.15) is 0 Å². The molecular weight excluding hydrogens is 262 g/mol. The minimum Gasteiger partial charge on any atom is -0.453 e. The summed E-state index contributed by atoms with van der Waals surface area (Å²) in [5, 5.41) is 4.41. The number of benzene rings is 1. The van der Waals surface area contributed by atoms with Gasteiger partial charge in [0.25, 0.3) is 0 Å². The second-order valence-corrected chi connectivity index (χ2v) is 6.34. The number of ketones is 1. The number of nitrogens with one attached hydrogen (secondary N) is 1. The van der Waals surface area contributed by atoms with E-state index >= 15 is 0 Å². The fraction of sp³-hybridized carbons (Fsp3) is 0.500. The van der Waals surface area contributed by atoms with Crippen molar-refractivity contribution in [2.45, 2.75) is 51.0 Å². The Bertz CT molecular complexity index is 650. The van der Waals surface area contributed by atoms with Crippen LogP contribution in [0.4, 0.5) is 0 Å². The summed E-state index contributed by atoms with van der Waals surface area (Å²) in [6, 6.07) is 7.90. The van der Waals surface area contributed by atoms with Gasteiger partial charge in [0, 0.05) is 17.3 Å². The van der Waals surface area contributed by atoms with Crippen LogP contribution in [0, 0.1) is 6.92 Å². The molecule has 0 bridgehead atoms. The molecule has 0 atom stereocenters. The third-order valence-electron chi connectivity index (χ3n) is 4.79. The Morgan fingerprint density at radius 1 is 1.24 bits per heavy atom. The highest BCUT2D eigenvalue weighted by molar-refractivity contribution is 5.98. The summed E-state index contributed by atoms with van der Waals surface area (Å²) in [7, 11) is 1.97. The standard InChI is InChI=1S/C18H23NO2/c1-13-6-7-16-14(10-13)11-17(21-16)15(20)12-18(19-2)8-4-3-5-9-18/h6-7,10-11,19H,3-5,8-9,12H2,1-2H3. The number of aryl methyl sites for hydroxylation is 1. The van der Waals surface area contributed by atoms with Crippen LogP contribution in [0.25, 0.3) is 11.0 Å². The maximum Gasteiger partial charge on any atom is 0.199 e. The molecule has 0 aliphatic heterocycles. The van der Waals surface area contributed by atoms with E-state index in [2.05, 4.69) is 11.4 Å². The van der Waals surface area contributed by atoms with Gasteiger partial charge in [0.2, 0.25) is 0 Å². The number of hydrogen-bond acceptors (Lipinski definition) is 3. The topological polar surface area (TPSA) is 42.2 Å². The molecule has 3 nitrogen and oxygen atoms in total. The van der Waals surface area contributed by atoms with E-state index in [-0.39, 0.29) is 11.3 Å². The number of carbonyl (C=O) groups excluding carboxylic acids is 1. The fourth-order valence-electron chi connectivity index (χ4n) is 3.44. The van der Waals surface area contributed by atoms with Crippen molar-refractivity contribution in [3.05, 3.63) is 35.6 Å². The molecule has 2 aromatic rings. The highest BCUT2D eigenvalue weighted by Crippen LogP contribution is 2.32. The summed E-state index contributed by atoms with van der Waals surface area (Å²) in [6.45, 7) is 2.05. The van der Waals surface area contributed by atoms with Crippen LogP contribution in [0.1, 0.15) is 54.6 Å². The van der Waals surface area contributed by atoms with Crippen LogP contribution < -0.4 is 5.32 Å². The Hall–Kier alpha value is -1.61. The summed E-state index contributed by atoms with van der Waals surface area (Å²) in [5.74, 6) is 0.607. The lowest BCUT2D eigenvalue weighted by atomic mass is 9.78. The average molecular weight is 285 g/mol. The lowest BCUT2D eigenvalue weighted by Gasteiger charge is -2.36. The SMILES string of the molecule is CNC1(CC(=O)c2cc3cc(C)ccc3o2)CCCCC1. The molecule has 1 N–H and O–H groups in total. The highest BCUT2D eigenvalue weighted by atomic mass is 16.3. The first-order chi connectivity index (χ1) is 10.1. The van der Waals surface area contributed by atoms with E-state index in [0.29, 0.717) is 12.2 Å². The molecule has 3 rings (SSSR count). The summed E-state index contributed by atoms with van der Waals surface area (Å²) in [5.41, 5.74) is 1.94. The molecule has 3 heteroatoms. The molecule has 1 aliphatic carbocycles. The molecule has 0 spiro atoms. The van der Waals surface area contributed by atoms with Crippen LogP contribution in [-0.4, -0.2) is 18.4 Å². The molecule has 0 saturated heterocycles. The van der Waals surface area contributed by atoms with Gasteiger partial charge in [-0.1, -0.05) is 30.9 Å². The van der Waals surface area contributed by atoms with Crippen LogP contribution >= 0.6 is 0 Å². The van der Waals surface area contributed by atoms with Gasteiger partial charge in [-0.05, 0) is 45.0 Å². The monoisotopic (exact) mass is 285 g/mol. The maximum absolute atomic E-state index is 12.6. The number of furan rings is 1. The van der Waals surface area contributed by atoms with Crippen LogP contribution in [0.3, 0.4) is 0 Å². The average Bonchev–Trinajstić information content (AvgIpc) is 2.91. The number of Topliss-reactive ketones (excluding diaryl/α,β-unsaturated/α-hetero) is 1. The number of hydrogen-bond donors (Lipinski definition) is 1. The first-order valence-corrected chi connectivity index (χ1v) is 7.84. The number of fused-ring (bicyclic) bond motifs is 1. The maximum atomic E-state index is 12.6. The summed E-state index contributed by atoms with van der Waals surface area (Å²) < 4.78 is 5.74. The van der Waals surface area contributed by atoms with Gasteiger partial charge in [-0.25, -0.2) is 0 Å². The number of rotatable bonds is 4. The molecule has 1 aromatic heterocycles. The van der Waals surface area contributed by atoms with E-state index in [1.54, 1.807) is 0 Å². The van der Waals surface area contributed by atoms with Crippen molar-refractivity contribution >= 4 is 16.8 Å². The molecule has 21 heavy (non-hydrogen) atoms. The van der Waals surface area contributed by atoms with Crippen molar-refractivity contribution in [1.82, 2.24) is 5.32 Å². The van der Waals surface area contributed by atoms with Gasteiger partial charge in [-0.3, -0.25) is 4.79 Å². The van der Waals surface area contributed by atoms with Crippen molar-refractivity contribution in [2.75, 3.05) is 7.05 Å². The van der Waals surface area contributed by atoms with Gasteiger partial charge >= 0.3 is 0 Å². The van der Waals surface area contributed by atoms with Gasteiger partial charge in [-0.15, -0.1) is 0 Å². The lowest BCUT2D eigenvalue weighted by molar-refractivity contribution is 0.0889. The molecule has 0 unspecified atom stereocenters. The third kappa shape index (κ3) is 2.88. The molecule has 0 amide bonds. The minimum absolute atomic E-state index is 0.0375. The Kier molecular flexibility index (Phi) is 3.85. The van der Waals surface area contributed by atoms with Crippen molar-refractivity contribution in [3.63, 3.8) is 0 Å². The van der Waals surface area contributed by atoms with E-state index in [1.807, 2.05) is 32.2 Å². The first kappa shape index (κ1) is 14.3. The molecule has 0 radical (unpaired) electrons. The Balaban J connectivity index is 1.82. The quantitative estimate of drug-likeness (QED) is 0.854. The Labute approximate surface area is 125 Å². The van der Waals surface area contributed by atoms with E-state index in [0.717, 1.165) is 23.8 Å². The van der Waals surface area contributed by atoms with Crippen molar-refractivity contribution < 1.29 is 9.21 Å². The van der Waals surface area contributed by atoms with E-state index in [1.165, 1.54) is 24.8 Å². The van der Waals surface area contributed by atoms with Gasteiger partial charge in [0.1, 0.15) is 5.58 Å². The Morgan fingerprint density at radius 3 is 2.71 bits per heavy atom. The van der Waals surface area contributed by atoms with Crippen molar-refractivity contribution in [1.29, 1.82) is 0 Å². The fourth-order valence-corrected chi connectivity index (χ4v) is 3.44.